The average Bonchev–Trinajstić information content (AvgIpc) is 3.08. The zero-order valence-corrected chi connectivity index (χ0v) is 13.7. The number of esters is 1. The molecule has 2 heterocycles. The predicted octanol–water partition coefficient (Wildman–Crippen LogP) is 3.98. The number of carbonyl (C=O) groups is 1. The van der Waals surface area contributed by atoms with E-state index >= 15 is 0 Å². The fraction of sp³-hybridized carbons (Fsp3) is 0.357. The van der Waals surface area contributed by atoms with Crippen LogP contribution in [0.2, 0.25) is 0 Å². The molecule has 2 aromatic rings. The minimum atomic E-state index is -0.460. The van der Waals surface area contributed by atoms with E-state index in [0.717, 1.165) is 21.6 Å². The molecule has 0 aliphatic rings. The molecule has 1 atom stereocenters. The van der Waals surface area contributed by atoms with Gasteiger partial charge in [0.15, 0.2) is 0 Å². The van der Waals surface area contributed by atoms with Crippen molar-refractivity contribution in [2.45, 2.75) is 19.4 Å². The number of thiophene rings is 1. The first-order valence-corrected chi connectivity index (χ1v) is 7.93. The number of hydrogen-bond donors (Lipinski definition) is 1. The molecule has 20 heavy (non-hydrogen) atoms. The van der Waals surface area contributed by atoms with Crippen LogP contribution in [0.4, 0.5) is 0 Å². The number of methoxy groups -OCH3 is 1. The molecule has 1 unspecified atom stereocenters. The Kier molecular flexibility index (Phi) is 5.39. The summed E-state index contributed by atoms with van der Waals surface area (Å²) >= 11 is 5.11. The molecule has 1 N–H and O–H groups in total. The van der Waals surface area contributed by atoms with Crippen LogP contribution in [0.1, 0.15) is 40.6 Å². The van der Waals surface area contributed by atoms with Crippen LogP contribution < -0.4 is 5.32 Å². The summed E-state index contributed by atoms with van der Waals surface area (Å²) in [4.78, 5) is 12.6. The maximum Gasteiger partial charge on any atom is 0.373 e. The molecule has 0 fully saturated rings. The maximum atomic E-state index is 11.5. The molecule has 0 bridgehead atoms. The van der Waals surface area contributed by atoms with Gasteiger partial charge >= 0.3 is 5.97 Å². The second kappa shape index (κ2) is 7.06. The lowest BCUT2D eigenvalue weighted by Gasteiger charge is -2.14. The molecular weight excluding hydrogens is 342 g/mol. The van der Waals surface area contributed by atoms with Gasteiger partial charge < -0.3 is 14.5 Å². The van der Waals surface area contributed by atoms with Crippen molar-refractivity contribution in [2.24, 2.45) is 0 Å². The van der Waals surface area contributed by atoms with Gasteiger partial charge in [-0.3, -0.25) is 0 Å². The second-order valence-electron chi connectivity index (χ2n) is 4.22. The summed E-state index contributed by atoms with van der Waals surface area (Å²) in [6.45, 7) is 2.98. The molecule has 2 aromatic heterocycles. The van der Waals surface area contributed by atoms with Crippen LogP contribution in [-0.2, 0) is 4.74 Å². The van der Waals surface area contributed by atoms with E-state index in [4.69, 9.17) is 4.42 Å². The Morgan fingerprint density at radius 3 is 2.85 bits per heavy atom. The zero-order valence-electron chi connectivity index (χ0n) is 11.3. The molecular formula is C14H16BrNO3S. The van der Waals surface area contributed by atoms with Crippen molar-refractivity contribution in [1.29, 1.82) is 0 Å². The number of furan rings is 1. The molecule has 0 saturated carbocycles. The van der Waals surface area contributed by atoms with Crippen LogP contribution in [0, 0.1) is 0 Å². The average molecular weight is 358 g/mol. The minimum Gasteiger partial charge on any atom is -0.463 e. The van der Waals surface area contributed by atoms with Crippen molar-refractivity contribution in [3.05, 3.63) is 44.4 Å². The van der Waals surface area contributed by atoms with E-state index in [0.29, 0.717) is 5.76 Å². The van der Waals surface area contributed by atoms with E-state index in [9.17, 15) is 4.79 Å². The number of carbonyl (C=O) groups excluding carboxylic acids is 1. The number of nitrogens with one attached hydrogen (secondary N) is 1. The van der Waals surface area contributed by atoms with E-state index in [1.54, 1.807) is 17.4 Å². The fourth-order valence-electron chi connectivity index (χ4n) is 1.83. The van der Waals surface area contributed by atoms with Gasteiger partial charge in [-0.25, -0.2) is 4.79 Å². The van der Waals surface area contributed by atoms with Crippen LogP contribution in [-0.4, -0.2) is 19.6 Å². The summed E-state index contributed by atoms with van der Waals surface area (Å²) in [5.41, 5.74) is 0. The lowest BCUT2D eigenvalue weighted by Crippen LogP contribution is -2.21. The standard InChI is InChI=1S/C14H16BrNO3S/c1-3-8-16-13(11-6-7-12(15)20-11)9-4-5-10(19-9)14(17)18-2/h4-7,13,16H,3,8H2,1-2H3. The highest BCUT2D eigenvalue weighted by molar-refractivity contribution is 9.11. The summed E-state index contributed by atoms with van der Waals surface area (Å²) in [7, 11) is 1.34. The molecule has 0 aromatic carbocycles. The Hall–Kier alpha value is -1.11. The minimum absolute atomic E-state index is 0.0512. The van der Waals surface area contributed by atoms with Crippen LogP contribution in [0.25, 0.3) is 0 Å². The van der Waals surface area contributed by atoms with Gasteiger partial charge in [0, 0.05) is 4.88 Å². The van der Waals surface area contributed by atoms with E-state index < -0.39 is 5.97 Å². The number of halogens is 1. The molecule has 2 rings (SSSR count). The Balaban J connectivity index is 2.26. The van der Waals surface area contributed by atoms with Crippen molar-refractivity contribution >= 4 is 33.2 Å². The monoisotopic (exact) mass is 357 g/mol. The lowest BCUT2D eigenvalue weighted by atomic mass is 10.2. The zero-order chi connectivity index (χ0) is 14.5. The Morgan fingerprint density at radius 2 is 2.25 bits per heavy atom. The SMILES string of the molecule is CCCNC(c1ccc(C(=O)OC)o1)c1ccc(Br)s1. The molecule has 108 valence electrons. The van der Waals surface area contributed by atoms with Crippen molar-refractivity contribution in [1.82, 2.24) is 5.32 Å². The van der Waals surface area contributed by atoms with E-state index in [-0.39, 0.29) is 11.8 Å². The smallest absolute Gasteiger partial charge is 0.373 e. The highest BCUT2D eigenvalue weighted by Gasteiger charge is 2.21. The molecule has 0 aliphatic heterocycles. The first kappa shape index (κ1) is 15.3. The third-order valence-corrected chi connectivity index (χ3v) is 4.46. The summed E-state index contributed by atoms with van der Waals surface area (Å²) < 4.78 is 11.3. The van der Waals surface area contributed by atoms with Gasteiger partial charge in [-0.2, -0.15) is 0 Å². The van der Waals surface area contributed by atoms with E-state index in [1.807, 2.05) is 18.2 Å². The van der Waals surface area contributed by atoms with Crippen LogP contribution in [0.5, 0.6) is 0 Å². The highest BCUT2D eigenvalue weighted by Crippen LogP contribution is 2.32. The highest BCUT2D eigenvalue weighted by atomic mass is 79.9. The summed E-state index contributed by atoms with van der Waals surface area (Å²) in [6, 6.07) is 7.45. The topological polar surface area (TPSA) is 51.5 Å². The number of ether oxygens (including phenoxy) is 1. The van der Waals surface area contributed by atoms with Gasteiger partial charge in [-0.05, 0) is 53.2 Å². The van der Waals surface area contributed by atoms with E-state index in [2.05, 4.69) is 32.9 Å². The third kappa shape index (κ3) is 3.50. The quantitative estimate of drug-likeness (QED) is 0.794. The first-order valence-electron chi connectivity index (χ1n) is 6.32. The third-order valence-electron chi connectivity index (χ3n) is 2.77. The van der Waals surface area contributed by atoms with Crippen LogP contribution in [0.3, 0.4) is 0 Å². The van der Waals surface area contributed by atoms with Gasteiger partial charge in [0.25, 0.3) is 0 Å². The van der Waals surface area contributed by atoms with Crippen molar-refractivity contribution in [2.75, 3.05) is 13.7 Å². The van der Waals surface area contributed by atoms with Gasteiger partial charge in [0.1, 0.15) is 11.8 Å². The van der Waals surface area contributed by atoms with E-state index in [1.165, 1.54) is 7.11 Å². The fourth-order valence-corrected chi connectivity index (χ4v) is 3.34. The summed E-state index contributed by atoms with van der Waals surface area (Å²) in [6.07, 6.45) is 1.02. The molecule has 0 radical (unpaired) electrons. The molecule has 0 saturated heterocycles. The molecule has 0 amide bonds. The summed E-state index contributed by atoms with van der Waals surface area (Å²) in [5.74, 6) is 0.479. The number of rotatable bonds is 6. The van der Waals surface area contributed by atoms with Crippen molar-refractivity contribution in [3.8, 4) is 0 Å². The summed E-state index contributed by atoms with van der Waals surface area (Å²) in [5, 5.41) is 3.43. The second-order valence-corrected chi connectivity index (χ2v) is 6.72. The molecule has 0 spiro atoms. The normalized spacial score (nSPS) is 12.3. The van der Waals surface area contributed by atoms with Crippen molar-refractivity contribution in [3.63, 3.8) is 0 Å². The van der Waals surface area contributed by atoms with Gasteiger partial charge in [-0.1, -0.05) is 6.92 Å². The molecule has 6 heteroatoms. The Bertz CT molecular complexity index is 578. The molecule has 0 aliphatic carbocycles. The first-order chi connectivity index (χ1) is 9.65. The largest absolute Gasteiger partial charge is 0.463 e. The Labute approximate surface area is 130 Å². The molecule has 4 nitrogen and oxygen atoms in total. The number of hydrogen-bond acceptors (Lipinski definition) is 5. The Morgan fingerprint density at radius 1 is 1.45 bits per heavy atom. The van der Waals surface area contributed by atoms with Gasteiger partial charge in [0.05, 0.1) is 10.9 Å². The van der Waals surface area contributed by atoms with Crippen molar-refractivity contribution < 1.29 is 13.9 Å². The van der Waals surface area contributed by atoms with Crippen LogP contribution >= 0.6 is 27.3 Å². The van der Waals surface area contributed by atoms with Gasteiger partial charge in [0.2, 0.25) is 5.76 Å². The predicted molar refractivity (Wildman–Crippen MR) is 82.2 cm³/mol. The maximum absolute atomic E-state index is 11.5. The lowest BCUT2D eigenvalue weighted by molar-refractivity contribution is 0.0562. The van der Waals surface area contributed by atoms with Gasteiger partial charge in [-0.15, -0.1) is 11.3 Å². The van der Waals surface area contributed by atoms with Crippen LogP contribution in [0.15, 0.2) is 32.5 Å².